The lowest BCUT2D eigenvalue weighted by molar-refractivity contribution is -0.162. The maximum Gasteiger partial charge on any atom is 0.400 e. The molecule has 0 amide bonds. The van der Waals surface area contributed by atoms with Gasteiger partial charge in [0, 0.05) is 19.4 Å². The van der Waals surface area contributed by atoms with Crippen LogP contribution in [-0.2, 0) is 16.7 Å². The van der Waals surface area contributed by atoms with Crippen LogP contribution in [-0.4, -0.2) is 35.0 Å². The summed E-state index contributed by atoms with van der Waals surface area (Å²) in [6.45, 7) is 1.55. The van der Waals surface area contributed by atoms with Gasteiger partial charge < -0.3 is 4.74 Å². The summed E-state index contributed by atoms with van der Waals surface area (Å²) in [6, 6.07) is 0. The van der Waals surface area contributed by atoms with Crippen molar-refractivity contribution in [3.05, 3.63) is 15.0 Å². The second-order valence-corrected chi connectivity index (χ2v) is 8.34. The monoisotopic (exact) mass is 478 g/mol. The zero-order valence-electron chi connectivity index (χ0n) is 13.5. The number of nitrogens with zero attached hydrogens (tertiary/aromatic N) is 2. The third-order valence-electron chi connectivity index (χ3n) is 4.92. The first-order chi connectivity index (χ1) is 11.3. The maximum atomic E-state index is 13.4. The Hall–Kier alpha value is -0.940. The van der Waals surface area contributed by atoms with Gasteiger partial charge in [0.05, 0.1) is 16.4 Å². The Morgan fingerprint density at radius 1 is 1.32 bits per heavy atom. The van der Waals surface area contributed by atoms with E-state index >= 15 is 0 Å². The molecule has 2 aliphatic rings. The zero-order chi connectivity index (χ0) is 18.8. The van der Waals surface area contributed by atoms with E-state index in [-0.39, 0.29) is 34.3 Å². The molecule has 0 atom stereocenters. The number of ether oxygens (including phenoxy) is 1. The van der Waals surface area contributed by atoms with Crippen molar-refractivity contribution in [3.8, 4) is 0 Å². The van der Waals surface area contributed by atoms with Crippen LogP contribution < -0.4 is 0 Å². The van der Waals surface area contributed by atoms with Crippen molar-refractivity contribution in [2.45, 2.75) is 56.7 Å². The van der Waals surface area contributed by atoms with Gasteiger partial charge in [-0.3, -0.25) is 4.68 Å². The van der Waals surface area contributed by atoms with Crippen LogP contribution in [0.1, 0.15) is 48.8 Å². The molecule has 2 fully saturated rings. The SMILES string of the molecule is COC(=O)c1c(I)c(C2(C(F)(F)F)CC2)nn1CC1(C)CC(F)(F)C1. The molecule has 0 aromatic carbocycles. The van der Waals surface area contributed by atoms with Crippen LogP contribution >= 0.6 is 22.6 Å². The Kier molecular flexibility index (Phi) is 4.16. The summed E-state index contributed by atoms with van der Waals surface area (Å²) in [4.78, 5) is 12.1. The summed E-state index contributed by atoms with van der Waals surface area (Å²) in [7, 11) is 1.12. The fraction of sp³-hybridized carbons (Fsp3) is 0.733. The minimum atomic E-state index is -4.48. The molecule has 140 valence electrons. The number of hydrogen-bond acceptors (Lipinski definition) is 3. The quantitative estimate of drug-likeness (QED) is 0.369. The summed E-state index contributed by atoms with van der Waals surface area (Å²) in [5, 5.41) is 4.04. The van der Waals surface area contributed by atoms with E-state index in [0.717, 1.165) is 11.8 Å². The van der Waals surface area contributed by atoms with Gasteiger partial charge in [0.25, 0.3) is 0 Å². The number of aromatic nitrogens is 2. The molecule has 1 heterocycles. The van der Waals surface area contributed by atoms with E-state index in [1.807, 2.05) is 0 Å². The molecule has 0 spiro atoms. The lowest BCUT2D eigenvalue weighted by Gasteiger charge is -2.44. The number of carbonyl (C=O) groups is 1. The number of carbonyl (C=O) groups excluding carboxylic acids is 1. The number of halogens is 6. The molecule has 0 bridgehead atoms. The fourth-order valence-corrected chi connectivity index (χ4v) is 4.72. The van der Waals surface area contributed by atoms with Crippen LogP contribution in [0.4, 0.5) is 22.0 Å². The van der Waals surface area contributed by atoms with Crippen molar-refractivity contribution in [1.29, 1.82) is 0 Å². The van der Waals surface area contributed by atoms with Crippen molar-refractivity contribution in [2.24, 2.45) is 5.41 Å². The van der Waals surface area contributed by atoms with E-state index in [0.29, 0.717) is 0 Å². The molecule has 10 heteroatoms. The van der Waals surface area contributed by atoms with Gasteiger partial charge in [0.1, 0.15) is 5.41 Å². The second-order valence-electron chi connectivity index (χ2n) is 7.26. The third-order valence-corrected chi connectivity index (χ3v) is 5.94. The van der Waals surface area contributed by atoms with Gasteiger partial charge in [-0.05, 0) is 40.8 Å². The lowest BCUT2D eigenvalue weighted by atomic mass is 9.67. The minimum absolute atomic E-state index is 0.0586. The first-order valence-corrected chi connectivity index (χ1v) is 8.72. The van der Waals surface area contributed by atoms with Crippen molar-refractivity contribution >= 4 is 28.6 Å². The van der Waals surface area contributed by atoms with E-state index < -0.39 is 41.7 Å². The first-order valence-electron chi connectivity index (χ1n) is 7.64. The molecule has 0 unspecified atom stereocenters. The van der Waals surface area contributed by atoms with E-state index in [4.69, 9.17) is 0 Å². The molecule has 3 rings (SSSR count). The average Bonchev–Trinajstić information content (AvgIpc) is 3.17. The first kappa shape index (κ1) is 18.8. The standard InChI is InChI=1S/C15H16F5IN2O2/c1-12(5-14(16,17)6-12)7-23-9(11(24)25-2)8(21)10(22-23)13(3-4-13)15(18,19)20/h3-7H2,1-2H3. The molecule has 0 N–H and O–H groups in total. The van der Waals surface area contributed by atoms with Crippen LogP contribution in [0.25, 0.3) is 0 Å². The number of rotatable bonds is 4. The minimum Gasteiger partial charge on any atom is -0.464 e. The molecule has 2 aliphatic carbocycles. The summed E-state index contributed by atoms with van der Waals surface area (Å²) in [5.41, 5.74) is -3.20. The zero-order valence-corrected chi connectivity index (χ0v) is 15.7. The summed E-state index contributed by atoms with van der Waals surface area (Å²) >= 11 is 1.66. The van der Waals surface area contributed by atoms with Crippen LogP contribution in [0.3, 0.4) is 0 Å². The van der Waals surface area contributed by atoms with Crippen molar-refractivity contribution < 1.29 is 31.5 Å². The lowest BCUT2D eigenvalue weighted by Crippen LogP contribution is -2.47. The highest BCUT2D eigenvalue weighted by Gasteiger charge is 2.67. The highest BCUT2D eigenvalue weighted by atomic mass is 127. The smallest absolute Gasteiger partial charge is 0.400 e. The van der Waals surface area contributed by atoms with Crippen molar-refractivity contribution in [2.75, 3.05) is 7.11 Å². The Morgan fingerprint density at radius 3 is 2.28 bits per heavy atom. The van der Waals surface area contributed by atoms with Crippen LogP contribution in [0, 0.1) is 8.99 Å². The van der Waals surface area contributed by atoms with Gasteiger partial charge in [-0.15, -0.1) is 0 Å². The fourth-order valence-electron chi connectivity index (χ4n) is 3.60. The van der Waals surface area contributed by atoms with Crippen molar-refractivity contribution in [1.82, 2.24) is 9.78 Å². The molecular weight excluding hydrogens is 462 g/mol. The summed E-state index contributed by atoms with van der Waals surface area (Å²) in [5.74, 6) is -3.61. The molecule has 0 saturated heterocycles. The van der Waals surface area contributed by atoms with Gasteiger partial charge in [-0.25, -0.2) is 13.6 Å². The largest absolute Gasteiger partial charge is 0.464 e. The molecular formula is C15H16F5IN2O2. The van der Waals surface area contributed by atoms with Gasteiger partial charge in [-0.1, -0.05) is 6.92 Å². The average molecular weight is 478 g/mol. The third kappa shape index (κ3) is 3.03. The van der Waals surface area contributed by atoms with Gasteiger partial charge in [-0.2, -0.15) is 18.3 Å². The Bertz CT molecular complexity index is 716. The second kappa shape index (κ2) is 5.53. The molecule has 0 aliphatic heterocycles. The molecule has 1 aromatic heterocycles. The number of alkyl halides is 5. The molecule has 25 heavy (non-hydrogen) atoms. The topological polar surface area (TPSA) is 44.1 Å². The van der Waals surface area contributed by atoms with E-state index in [1.165, 1.54) is 0 Å². The summed E-state index contributed by atoms with van der Waals surface area (Å²) in [6.07, 6.45) is -5.46. The predicted molar refractivity (Wildman–Crippen MR) is 85.5 cm³/mol. The van der Waals surface area contributed by atoms with E-state index in [2.05, 4.69) is 9.84 Å². The molecule has 4 nitrogen and oxygen atoms in total. The van der Waals surface area contributed by atoms with Crippen molar-refractivity contribution in [3.63, 3.8) is 0 Å². The van der Waals surface area contributed by atoms with Gasteiger partial charge in [0.2, 0.25) is 5.92 Å². The Labute approximate surface area is 154 Å². The maximum absolute atomic E-state index is 13.4. The van der Waals surface area contributed by atoms with Gasteiger partial charge in [0.15, 0.2) is 5.69 Å². The number of hydrogen-bond donors (Lipinski definition) is 0. The molecule has 1 aromatic rings. The van der Waals surface area contributed by atoms with Gasteiger partial charge >= 0.3 is 12.1 Å². The normalized spacial score (nSPS) is 23.0. The highest BCUT2D eigenvalue weighted by molar-refractivity contribution is 14.1. The van der Waals surface area contributed by atoms with E-state index in [9.17, 15) is 26.7 Å². The molecule has 2 saturated carbocycles. The predicted octanol–water partition coefficient (Wildman–Crippen LogP) is 4.30. The Balaban J connectivity index is 2.01. The number of esters is 1. The van der Waals surface area contributed by atoms with Crippen LogP contribution in [0.2, 0.25) is 0 Å². The van der Waals surface area contributed by atoms with Crippen LogP contribution in [0.5, 0.6) is 0 Å². The number of methoxy groups -OCH3 is 1. The van der Waals surface area contributed by atoms with E-state index in [1.54, 1.807) is 29.5 Å². The van der Waals surface area contributed by atoms with Crippen LogP contribution in [0.15, 0.2) is 0 Å². The highest BCUT2D eigenvalue weighted by Crippen LogP contribution is 2.60. The summed E-state index contributed by atoms with van der Waals surface area (Å²) < 4.78 is 72.6. The molecule has 0 radical (unpaired) electrons. The Morgan fingerprint density at radius 2 is 1.88 bits per heavy atom.